The second-order valence-corrected chi connectivity index (χ2v) is 4.60. The third-order valence-electron chi connectivity index (χ3n) is 3.15. The smallest absolute Gasteiger partial charge is 0.214 e. The van der Waals surface area contributed by atoms with Crippen LogP contribution in [0.25, 0.3) is 11.3 Å². The molecule has 3 rings (SSSR count). The number of ether oxygens (including phenoxy) is 1. The van der Waals surface area contributed by atoms with Gasteiger partial charge in [0, 0.05) is 18.2 Å². The summed E-state index contributed by atoms with van der Waals surface area (Å²) in [6.07, 6.45) is 1.17. The summed E-state index contributed by atoms with van der Waals surface area (Å²) in [5.41, 5.74) is 1.48. The predicted octanol–water partition coefficient (Wildman–Crippen LogP) is 2.63. The van der Waals surface area contributed by atoms with E-state index in [1.54, 1.807) is 6.07 Å². The van der Waals surface area contributed by atoms with Gasteiger partial charge in [-0.1, -0.05) is 18.2 Å². The lowest BCUT2D eigenvalue weighted by Gasteiger charge is -2.12. The van der Waals surface area contributed by atoms with Crippen molar-refractivity contribution in [3.8, 4) is 17.1 Å². The van der Waals surface area contributed by atoms with Gasteiger partial charge in [0.1, 0.15) is 11.9 Å². The van der Waals surface area contributed by atoms with Gasteiger partial charge in [0.15, 0.2) is 0 Å². The van der Waals surface area contributed by atoms with Crippen LogP contribution in [0, 0.1) is 5.82 Å². The Bertz CT molecular complexity index is 568. The first-order valence-corrected chi connectivity index (χ1v) is 6.42. The molecule has 1 atom stereocenters. The normalized spacial score (nSPS) is 18.5. The fourth-order valence-electron chi connectivity index (χ4n) is 2.19. The first-order chi connectivity index (χ1) is 9.31. The Morgan fingerprint density at radius 1 is 1.21 bits per heavy atom. The SMILES string of the molecule is Fc1cccc(-c2cccc(OC3CCNC3)n2)c1. The summed E-state index contributed by atoms with van der Waals surface area (Å²) in [4.78, 5) is 4.43. The standard InChI is InChI=1S/C15H15FN2O/c16-12-4-1-3-11(9-12)14-5-2-6-15(18-14)19-13-7-8-17-10-13/h1-6,9,13,17H,7-8,10H2. The predicted molar refractivity (Wildman–Crippen MR) is 71.5 cm³/mol. The van der Waals surface area contributed by atoms with Crippen molar-refractivity contribution >= 4 is 0 Å². The molecule has 3 nitrogen and oxygen atoms in total. The number of nitrogens with one attached hydrogen (secondary N) is 1. The minimum Gasteiger partial charge on any atom is -0.473 e. The highest BCUT2D eigenvalue weighted by atomic mass is 19.1. The fraction of sp³-hybridized carbons (Fsp3) is 0.267. The molecule has 0 aliphatic carbocycles. The summed E-state index contributed by atoms with van der Waals surface area (Å²) in [7, 11) is 0. The van der Waals surface area contributed by atoms with Crippen LogP contribution >= 0.6 is 0 Å². The number of halogens is 1. The topological polar surface area (TPSA) is 34.1 Å². The van der Waals surface area contributed by atoms with Crippen LogP contribution in [0.3, 0.4) is 0 Å². The number of benzene rings is 1. The van der Waals surface area contributed by atoms with Crippen molar-refractivity contribution in [1.29, 1.82) is 0 Å². The molecule has 1 fully saturated rings. The number of rotatable bonds is 3. The molecule has 0 saturated carbocycles. The van der Waals surface area contributed by atoms with Crippen LogP contribution in [0.15, 0.2) is 42.5 Å². The van der Waals surface area contributed by atoms with Crippen molar-refractivity contribution in [3.05, 3.63) is 48.3 Å². The van der Waals surface area contributed by atoms with Crippen molar-refractivity contribution in [2.24, 2.45) is 0 Å². The molecule has 1 unspecified atom stereocenters. The molecule has 1 aromatic heterocycles. The summed E-state index contributed by atoms with van der Waals surface area (Å²) in [5, 5.41) is 3.24. The molecule has 1 N–H and O–H groups in total. The lowest BCUT2D eigenvalue weighted by molar-refractivity contribution is 0.214. The van der Waals surface area contributed by atoms with Gasteiger partial charge < -0.3 is 10.1 Å². The highest BCUT2D eigenvalue weighted by Gasteiger charge is 2.16. The Morgan fingerprint density at radius 2 is 2.11 bits per heavy atom. The highest BCUT2D eigenvalue weighted by Crippen LogP contribution is 2.21. The van der Waals surface area contributed by atoms with E-state index in [4.69, 9.17) is 4.74 Å². The van der Waals surface area contributed by atoms with Crippen LogP contribution in [-0.4, -0.2) is 24.2 Å². The zero-order valence-electron chi connectivity index (χ0n) is 10.5. The van der Waals surface area contributed by atoms with Gasteiger partial charge in [-0.2, -0.15) is 0 Å². The molecule has 2 aromatic rings. The quantitative estimate of drug-likeness (QED) is 0.919. The number of pyridine rings is 1. The summed E-state index contributed by atoms with van der Waals surface area (Å²) in [6.45, 7) is 1.83. The molecule has 0 radical (unpaired) electrons. The van der Waals surface area contributed by atoms with Crippen molar-refractivity contribution in [2.45, 2.75) is 12.5 Å². The lowest BCUT2D eigenvalue weighted by atomic mass is 10.1. The zero-order valence-corrected chi connectivity index (χ0v) is 10.5. The van der Waals surface area contributed by atoms with Gasteiger partial charge in [-0.05, 0) is 31.2 Å². The van der Waals surface area contributed by atoms with Gasteiger partial charge >= 0.3 is 0 Å². The summed E-state index contributed by atoms with van der Waals surface area (Å²) in [6, 6.07) is 12.0. The molecule has 4 heteroatoms. The molecular weight excluding hydrogens is 243 g/mol. The number of nitrogens with zero attached hydrogens (tertiary/aromatic N) is 1. The number of hydrogen-bond acceptors (Lipinski definition) is 3. The molecule has 1 aromatic carbocycles. The average molecular weight is 258 g/mol. The van der Waals surface area contributed by atoms with E-state index in [0.717, 1.165) is 30.8 Å². The van der Waals surface area contributed by atoms with E-state index in [1.807, 2.05) is 24.3 Å². The maximum absolute atomic E-state index is 13.2. The second-order valence-electron chi connectivity index (χ2n) is 4.60. The molecule has 1 aliphatic rings. The van der Waals surface area contributed by atoms with E-state index < -0.39 is 0 Å². The molecular formula is C15H15FN2O. The zero-order chi connectivity index (χ0) is 13.1. The van der Waals surface area contributed by atoms with E-state index in [1.165, 1.54) is 12.1 Å². The van der Waals surface area contributed by atoms with Gasteiger partial charge in [0.05, 0.1) is 5.69 Å². The largest absolute Gasteiger partial charge is 0.473 e. The van der Waals surface area contributed by atoms with Crippen LogP contribution in [0.2, 0.25) is 0 Å². The Labute approximate surface area is 111 Å². The summed E-state index contributed by atoms with van der Waals surface area (Å²) < 4.78 is 19.0. The van der Waals surface area contributed by atoms with E-state index in [0.29, 0.717) is 5.88 Å². The fourth-order valence-corrected chi connectivity index (χ4v) is 2.19. The highest BCUT2D eigenvalue weighted by molar-refractivity contribution is 5.59. The molecule has 19 heavy (non-hydrogen) atoms. The summed E-state index contributed by atoms with van der Waals surface area (Å²) >= 11 is 0. The van der Waals surface area contributed by atoms with Crippen LogP contribution in [0.5, 0.6) is 5.88 Å². The lowest BCUT2D eigenvalue weighted by Crippen LogP contribution is -2.20. The van der Waals surface area contributed by atoms with E-state index >= 15 is 0 Å². The molecule has 0 bridgehead atoms. The molecule has 1 aliphatic heterocycles. The van der Waals surface area contributed by atoms with Gasteiger partial charge in [-0.3, -0.25) is 0 Å². The first kappa shape index (κ1) is 12.1. The molecule has 0 spiro atoms. The Morgan fingerprint density at radius 3 is 2.89 bits per heavy atom. The minimum absolute atomic E-state index is 0.176. The third-order valence-corrected chi connectivity index (χ3v) is 3.15. The second kappa shape index (κ2) is 5.36. The Hall–Kier alpha value is -1.94. The van der Waals surface area contributed by atoms with Gasteiger partial charge in [0.25, 0.3) is 0 Å². The number of aromatic nitrogens is 1. The van der Waals surface area contributed by atoms with Crippen molar-refractivity contribution < 1.29 is 9.13 Å². The van der Waals surface area contributed by atoms with Gasteiger partial charge in [0.2, 0.25) is 5.88 Å². The third kappa shape index (κ3) is 2.90. The van der Waals surface area contributed by atoms with Crippen LogP contribution in [0.1, 0.15) is 6.42 Å². The maximum atomic E-state index is 13.2. The summed E-state index contributed by atoms with van der Waals surface area (Å²) in [5.74, 6) is 0.334. The molecule has 1 saturated heterocycles. The van der Waals surface area contributed by atoms with E-state index in [-0.39, 0.29) is 11.9 Å². The molecule has 98 valence electrons. The van der Waals surface area contributed by atoms with Gasteiger partial charge in [-0.15, -0.1) is 0 Å². The van der Waals surface area contributed by atoms with Crippen molar-refractivity contribution in [1.82, 2.24) is 10.3 Å². The van der Waals surface area contributed by atoms with Crippen molar-refractivity contribution in [2.75, 3.05) is 13.1 Å². The minimum atomic E-state index is -0.259. The first-order valence-electron chi connectivity index (χ1n) is 6.42. The van der Waals surface area contributed by atoms with Crippen LogP contribution in [0.4, 0.5) is 4.39 Å². The monoisotopic (exact) mass is 258 g/mol. The van der Waals surface area contributed by atoms with Crippen LogP contribution in [-0.2, 0) is 0 Å². The Kier molecular flexibility index (Phi) is 3.42. The van der Waals surface area contributed by atoms with Crippen molar-refractivity contribution in [3.63, 3.8) is 0 Å². The van der Waals surface area contributed by atoms with Crippen LogP contribution < -0.4 is 10.1 Å². The maximum Gasteiger partial charge on any atom is 0.214 e. The van der Waals surface area contributed by atoms with E-state index in [2.05, 4.69) is 10.3 Å². The molecule has 2 heterocycles. The van der Waals surface area contributed by atoms with E-state index in [9.17, 15) is 4.39 Å². The average Bonchev–Trinajstić information content (AvgIpc) is 2.92. The number of hydrogen-bond donors (Lipinski definition) is 1. The van der Waals surface area contributed by atoms with Gasteiger partial charge in [-0.25, -0.2) is 9.37 Å². The Balaban J connectivity index is 1.82. The molecule has 0 amide bonds.